The molecule has 0 amide bonds. The Kier molecular flexibility index (Phi) is 5.31. The summed E-state index contributed by atoms with van der Waals surface area (Å²) in [6.07, 6.45) is 0. The normalized spacial score (nSPS) is 12.4. The number of phosphoric acid groups is 2. The molecular weight excluding hydrogens is 229 g/mol. The third-order valence-corrected chi connectivity index (χ3v) is 1.86. The Labute approximate surface area is 66.4 Å². The number of rotatable bonds is 2. The molecule has 0 aromatic carbocycles. The SMILES string of the molecule is O=P([O-])([O-])OP(=O)(O)O.[Mn+2]. The van der Waals surface area contributed by atoms with E-state index >= 15 is 0 Å². The van der Waals surface area contributed by atoms with Crippen LogP contribution in [-0.2, 0) is 30.5 Å². The molecule has 7 nitrogen and oxygen atoms in total. The van der Waals surface area contributed by atoms with E-state index in [9.17, 15) is 18.9 Å². The van der Waals surface area contributed by atoms with Gasteiger partial charge < -0.3 is 24.1 Å². The molecule has 0 aromatic heterocycles. The summed E-state index contributed by atoms with van der Waals surface area (Å²) < 4.78 is 21.7. The van der Waals surface area contributed by atoms with Crippen LogP contribution in [0.5, 0.6) is 0 Å². The van der Waals surface area contributed by atoms with Crippen molar-refractivity contribution in [3.05, 3.63) is 0 Å². The second kappa shape index (κ2) is 3.97. The van der Waals surface area contributed by atoms with Gasteiger partial charge in [0.25, 0.3) is 0 Å². The Morgan fingerprint density at radius 3 is 1.50 bits per heavy atom. The largest absolute Gasteiger partial charge is 2.00 e. The number of hydrogen-bond acceptors (Lipinski definition) is 5. The van der Waals surface area contributed by atoms with Gasteiger partial charge in [-0.1, -0.05) is 0 Å². The Morgan fingerprint density at radius 2 is 1.50 bits per heavy atom. The van der Waals surface area contributed by atoms with Crippen molar-refractivity contribution in [3.63, 3.8) is 0 Å². The van der Waals surface area contributed by atoms with E-state index < -0.39 is 15.6 Å². The topological polar surface area (TPSA) is 130 Å². The Balaban J connectivity index is 0. The van der Waals surface area contributed by atoms with Gasteiger partial charge in [-0.2, -0.15) is 0 Å². The summed E-state index contributed by atoms with van der Waals surface area (Å²) in [5.41, 5.74) is 0. The third-order valence-electron chi connectivity index (χ3n) is 0.206. The first-order valence-electron chi connectivity index (χ1n) is 1.50. The standard InChI is InChI=1S/Mn.H4O7P2/c;1-8(2,3)7-9(4,5)6/h;(H2,1,2,3)(H2,4,5,6)/q+2;/p-2. The second-order valence-electron chi connectivity index (χ2n) is 1.02. The molecule has 0 atom stereocenters. The van der Waals surface area contributed by atoms with Gasteiger partial charge in [0.2, 0.25) is 0 Å². The van der Waals surface area contributed by atoms with Crippen LogP contribution >= 0.6 is 15.6 Å². The fraction of sp³-hybridized carbons (Fsp3) is 0. The maximum atomic E-state index is 9.55. The van der Waals surface area contributed by atoms with Crippen molar-refractivity contribution in [2.24, 2.45) is 0 Å². The molecule has 0 aliphatic carbocycles. The molecule has 0 bridgehead atoms. The molecule has 0 rings (SSSR count). The third kappa shape index (κ3) is 11.6. The molecule has 10 heavy (non-hydrogen) atoms. The van der Waals surface area contributed by atoms with E-state index in [4.69, 9.17) is 9.79 Å². The monoisotopic (exact) mass is 231 g/mol. The minimum Gasteiger partial charge on any atom is -0.789 e. The summed E-state index contributed by atoms with van der Waals surface area (Å²) in [6, 6.07) is 0. The van der Waals surface area contributed by atoms with Crippen LogP contribution in [0.1, 0.15) is 0 Å². The average molecular weight is 231 g/mol. The van der Waals surface area contributed by atoms with E-state index in [0.717, 1.165) is 0 Å². The minimum absolute atomic E-state index is 0. The van der Waals surface area contributed by atoms with E-state index in [1.165, 1.54) is 0 Å². The van der Waals surface area contributed by atoms with Gasteiger partial charge in [0.15, 0.2) is 0 Å². The predicted octanol–water partition coefficient (Wildman–Crippen LogP) is -2.08. The van der Waals surface area contributed by atoms with Gasteiger partial charge in [0.05, 0.1) is 7.82 Å². The first-order valence-corrected chi connectivity index (χ1v) is 4.49. The van der Waals surface area contributed by atoms with E-state index in [1.54, 1.807) is 0 Å². The summed E-state index contributed by atoms with van der Waals surface area (Å²) in [4.78, 5) is 34.1. The zero-order valence-electron chi connectivity index (χ0n) is 4.21. The van der Waals surface area contributed by atoms with Gasteiger partial charge in [-0.25, -0.2) is 4.57 Å². The zero-order valence-corrected chi connectivity index (χ0v) is 7.18. The second-order valence-corrected chi connectivity index (χ2v) is 3.55. The summed E-state index contributed by atoms with van der Waals surface area (Å²) in [6.45, 7) is 0. The van der Waals surface area contributed by atoms with Crippen molar-refractivity contribution in [2.75, 3.05) is 0 Å². The molecule has 2 N–H and O–H groups in total. The van der Waals surface area contributed by atoms with Crippen LogP contribution in [0.3, 0.4) is 0 Å². The first kappa shape index (κ1) is 13.4. The van der Waals surface area contributed by atoms with Crippen molar-refractivity contribution in [1.82, 2.24) is 0 Å². The van der Waals surface area contributed by atoms with E-state index in [0.29, 0.717) is 0 Å². The summed E-state index contributed by atoms with van der Waals surface area (Å²) in [5.74, 6) is 0. The molecule has 0 aliphatic rings. The van der Waals surface area contributed by atoms with E-state index in [2.05, 4.69) is 4.31 Å². The first-order chi connectivity index (χ1) is 3.71. The molecule has 0 saturated heterocycles. The van der Waals surface area contributed by atoms with Crippen LogP contribution in [0.4, 0.5) is 0 Å². The van der Waals surface area contributed by atoms with Crippen LogP contribution in [0.25, 0.3) is 0 Å². The molecule has 0 saturated carbocycles. The van der Waals surface area contributed by atoms with Crippen LogP contribution in [-0.4, -0.2) is 9.79 Å². The predicted molar refractivity (Wildman–Crippen MR) is 20.7 cm³/mol. The van der Waals surface area contributed by atoms with E-state index in [-0.39, 0.29) is 17.1 Å². The molecule has 1 radical (unpaired) electrons. The van der Waals surface area contributed by atoms with Crippen LogP contribution in [0, 0.1) is 0 Å². The van der Waals surface area contributed by atoms with Crippen molar-refractivity contribution < 1.29 is 50.1 Å². The fourth-order valence-electron chi connectivity index (χ4n) is 0.130. The molecule has 0 unspecified atom stereocenters. The summed E-state index contributed by atoms with van der Waals surface area (Å²) >= 11 is 0. The quantitative estimate of drug-likeness (QED) is 0.411. The molecule has 0 spiro atoms. The molecule has 0 heterocycles. The maximum Gasteiger partial charge on any atom is 2.00 e. The smallest absolute Gasteiger partial charge is 0.789 e. The van der Waals surface area contributed by atoms with Crippen LogP contribution < -0.4 is 9.79 Å². The average Bonchev–Trinajstić information content (AvgIpc) is 1.14. The fourth-order valence-corrected chi connectivity index (χ4v) is 1.17. The zero-order chi connectivity index (χ0) is 7.71. The van der Waals surface area contributed by atoms with Gasteiger partial charge in [0, 0.05) is 0 Å². The molecule has 0 fully saturated rings. The molecule has 0 aromatic rings. The Bertz CT molecular complexity index is 152. The van der Waals surface area contributed by atoms with Gasteiger partial charge in [-0.05, 0) is 0 Å². The van der Waals surface area contributed by atoms with Crippen LogP contribution in [0.15, 0.2) is 0 Å². The van der Waals surface area contributed by atoms with Crippen molar-refractivity contribution in [1.29, 1.82) is 0 Å². The summed E-state index contributed by atoms with van der Waals surface area (Å²) in [7, 11) is -10.7. The maximum absolute atomic E-state index is 9.55. The van der Waals surface area contributed by atoms with Crippen molar-refractivity contribution in [2.45, 2.75) is 0 Å². The van der Waals surface area contributed by atoms with Gasteiger partial charge in [-0.3, -0.25) is 4.31 Å². The molecule has 61 valence electrons. The Morgan fingerprint density at radius 1 is 1.20 bits per heavy atom. The van der Waals surface area contributed by atoms with Crippen molar-refractivity contribution in [3.8, 4) is 0 Å². The molecule has 10 heteroatoms. The van der Waals surface area contributed by atoms with E-state index in [1.807, 2.05) is 0 Å². The minimum atomic E-state index is -5.55. The molecule has 0 aliphatic heterocycles. The van der Waals surface area contributed by atoms with Gasteiger partial charge >= 0.3 is 24.9 Å². The summed E-state index contributed by atoms with van der Waals surface area (Å²) in [5, 5.41) is 0. The van der Waals surface area contributed by atoms with Crippen LogP contribution in [0.2, 0.25) is 0 Å². The van der Waals surface area contributed by atoms with Gasteiger partial charge in [-0.15, -0.1) is 0 Å². The number of hydrogen-bond donors (Lipinski definition) is 2. The van der Waals surface area contributed by atoms with Gasteiger partial charge in [0.1, 0.15) is 0 Å². The van der Waals surface area contributed by atoms with Crippen molar-refractivity contribution >= 4 is 15.6 Å². The Hall–Kier alpha value is 0.779. The molecular formula is H2MnO7P2.